The zero-order valence-corrected chi connectivity index (χ0v) is 12.2. The third kappa shape index (κ3) is 3.44. The van der Waals surface area contributed by atoms with E-state index < -0.39 is 0 Å². The minimum Gasteiger partial charge on any atom is -0.313 e. The van der Waals surface area contributed by atoms with Gasteiger partial charge in [-0.25, -0.2) is 0 Å². The molecule has 0 spiro atoms. The summed E-state index contributed by atoms with van der Waals surface area (Å²) in [5.41, 5.74) is 5.55. The summed E-state index contributed by atoms with van der Waals surface area (Å²) in [5, 5.41) is 7.84. The lowest BCUT2D eigenvalue weighted by Crippen LogP contribution is -2.17. The monoisotopic (exact) mass is 259 g/mol. The van der Waals surface area contributed by atoms with Crippen molar-refractivity contribution in [2.45, 2.75) is 32.7 Å². The van der Waals surface area contributed by atoms with E-state index in [0.29, 0.717) is 6.04 Å². The highest BCUT2D eigenvalue weighted by Gasteiger charge is 2.10. The molecular weight excluding hydrogens is 238 g/mol. The maximum atomic E-state index is 3.44. The van der Waals surface area contributed by atoms with E-state index in [1.807, 2.05) is 0 Å². The Balaban J connectivity index is 2.07. The van der Waals surface area contributed by atoms with Crippen molar-refractivity contribution < 1.29 is 0 Å². The highest BCUT2D eigenvalue weighted by atomic mass is 32.1. The summed E-state index contributed by atoms with van der Waals surface area (Å²) >= 11 is 1.78. The highest BCUT2D eigenvalue weighted by Crippen LogP contribution is 2.22. The molecule has 1 aromatic carbocycles. The first kappa shape index (κ1) is 13.3. The zero-order chi connectivity index (χ0) is 13.0. The average molecular weight is 259 g/mol. The second-order valence-electron chi connectivity index (χ2n) is 4.93. The molecule has 1 aromatic heterocycles. The van der Waals surface area contributed by atoms with Crippen molar-refractivity contribution in [1.82, 2.24) is 5.32 Å². The summed E-state index contributed by atoms with van der Waals surface area (Å²) in [6, 6.07) is 9.49. The Labute approximate surface area is 114 Å². The summed E-state index contributed by atoms with van der Waals surface area (Å²) < 4.78 is 0. The summed E-state index contributed by atoms with van der Waals surface area (Å²) in [6.45, 7) is 4.34. The van der Waals surface area contributed by atoms with Crippen LogP contribution in [0.2, 0.25) is 0 Å². The molecule has 2 aromatic rings. The quantitative estimate of drug-likeness (QED) is 0.846. The minimum atomic E-state index is 0.448. The smallest absolute Gasteiger partial charge is 0.0320 e. The normalized spacial score (nSPS) is 12.6. The van der Waals surface area contributed by atoms with Crippen LogP contribution in [0.4, 0.5) is 0 Å². The molecule has 2 heteroatoms. The van der Waals surface area contributed by atoms with Crippen LogP contribution in [0.3, 0.4) is 0 Å². The molecule has 0 radical (unpaired) electrons. The number of hydrogen-bond donors (Lipinski definition) is 1. The van der Waals surface area contributed by atoms with Gasteiger partial charge in [-0.1, -0.05) is 29.3 Å². The minimum absolute atomic E-state index is 0.448. The molecule has 1 N–H and O–H groups in total. The lowest BCUT2D eigenvalue weighted by molar-refractivity contribution is 0.549. The van der Waals surface area contributed by atoms with Gasteiger partial charge in [-0.3, -0.25) is 0 Å². The summed E-state index contributed by atoms with van der Waals surface area (Å²) in [6.07, 6.45) is 2.29. The molecule has 0 saturated carbocycles. The lowest BCUT2D eigenvalue weighted by Gasteiger charge is -2.17. The van der Waals surface area contributed by atoms with Crippen molar-refractivity contribution in [3.63, 3.8) is 0 Å². The third-order valence-corrected chi connectivity index (χ3v) is 4.03. The Hall–Kier alpha value is -1.12. The van der Waals surface area contributed by atoms with Crippen molar-refractivity contribution >= 4 is 11.3 Å². The van der Waals surface area contributed by atoms with Crippen molar-refractivity contribution in [2.75, 3.05) is 7.05 Å². The number of thiophene rings is 1. The van der Waals surface area contributed by atoms with E-state index in [1.165, 1.54) is 22.3 Å². The number of aryl methyl sites for hydroxylation is 3. The van der Waals surface area contributed by atoms with E-state index >= 15 is 0 Å². The van der Waals surface area contributed by atoms with Gasteiger partial charge in [0.2, 0.25) is 0 Å². The van der Waals surface area contributed by atoms with Gasteiger partial charge in [0.25, 0.3) is 0 Å². The standard InChI is InChI=1S/C16H21NS/c1-12-8-13(2)10-15(9-12)16(17-3)5-4-14-6-7-18-11-14/h6-11,16-17H,4-5H2,1-3H3. The van der Waals surface area contributed by atoms with Crippen LogP contribution < -0.4 is 5.32 Å². The van der Waals surface area contributed by atoms with Crippen LogP contribution >= 0.6 is 11.3 Å². The number of benzene rings is 1. The topological polar surface area (TPSA) is 12.0 Å². The molecule has 1 atom stereocenters. The molecule has 0 fully saturated rings. The summed E-state index contributed by atoms with van der Waals surface area (Å²) in [4.78, 5) is 0. The van der Waals surface area contributed by atoms with Crippen LogP contribution in [0.1, 0.15) is 34.7 Å². The molecule has 0 aliphatic carbocycles. The van der Waals surface area contributed by atoms with Gasteiger partial charge in [0.05, 0.1) is 0 Å². The second kappa shape index (κ2) is 6.17. The fourth-order valence-corrected chi connectivity index (χ4v) is 3.14. The van der Waals surface area contributed by atoms with Crippen molar-refractivity contribution in [3.8, 4) is 0 Å². The van der Waals surface area contributed by atoms with Crippen LogP contribution in [0.15, 0.2) is 35.0 Å². The second-order valence-corrected chi connectivity index (χ2v) is 5.71. The molecule has 0 aliphatic heterocycles. The molecular formula is C16H21NS. The maximum absolute atomic E-state index is 3.44. The molecule has 1 heterocycles. The zero-order valence-electron chi connectivity index (χ0n) is 11.4. The number of rotatable bonds is 5. The van der Waals surface area contributed by atoms with Gasteiger partial charge in [-0.05, 0) is 61.7 Å². The van der Waals surface area contributed by atoms with E-state index in [9.17, 15) is 0 Å². The van der Waals surface area contributed by atoms with Crippen molar-refractivity contribution in [3.05, 3.63) is 57.3 Å². The van der Waals surface area contributed by atoms with Crippen LogP contribution in [0.25, 0.3) is 0 Å². The van der Waals surface area contributed by atoms with Gasteiger partial charge >= 0.3 is 0 Å². The Kier molecular flexibility index (Phi) is 4.56. The van der Waals surface area contributed by atoms with Gasteiger partial charge in [-0.15, -0.1) is 0 Å². The first-order valence-corrected chi connectivity index (χ1v) is 7.40. The first-order valence-electron chi connectivity index (χ1n) is 6.45. The van der Waals surface area contributed by atoms with Gasteiger partial charge in [0.1, 0.15) is 0 Å². The van der Waals surface area contributed by atoms with Crippen LogP contribution in [-0.4, -0.2) is 7.05 Å². The van der Waals surface area contributed by atoms with Gasteiger partial charge < -0.3 is 5.32 Å². The summed E-state index contributed by atoms with van der Waals surface area (Å²) in [5.74, 6) is 0. The van der Waals surface area contributed by atoms with E-state index in [2.05, 4.69) is 61.2 Å². The molecule has 1 nitrogen and oxygen atoms in total. The summed E-state index contributed by atoms with van der Waals surface area (Å²) in [7, 11) is 2.05. The molecule has 18 heavy (non-hydrogen) atoms. The molecule has 0 amide bonds. The fraction of sp³-hybridized carbons (Fsp3) is 0.375. The third-order valence-electron chi connectivity index (χ3n) is 3.30. The molecule has 0 saturated heterocycles. The van der Waals surface area contributed by atoms with E-state index in [0.717, 1.165) is 12.8 Å². The van der Waals surface area contributed by atoms with Crippen LogP contribution in [-0.2, 0) is 6.42 Å². The lowest BCUT2D eigenvalue weighted by atomic mass is 9.97. The Morgan fingerprint density at radius 1 is 1.17 bits per heavy atom. The highest BCUT2D eigenvalue weighted by molar-refractivity contribution is 7.07. The largest absolute Gasteiger partial charge is 0.313 e. The van der Waals surface area contributed by atoms with Crippen LogP contribution in [0, 0.1) is 13.8 Å². The van der Waals surface area contributed by atoms with Gasteiger partial charge in [-0.2, -0.15) is 11.3 Å². The average Bonchev–Trinajstić information content (AvgIpc) is 2.81. The predicted molar refractivity (Wildman–Crippen MR) is 80.4 cm³/mol. The van der Waals surface area contributed by atoms with E-state index in [1.54, 1.807) is 11.3 Å². The Morgan fingerprint density at radius 2 is 1.89 bits per heavy atom. The first-order chi connectivity index (χ1) is 8.69. The molecule has 2 rings (SSSR count). The Bertz CT molecular complexity index is 468. The van der Waals surface area contributed by atoms with Gasteiger partial charge in [0.15, 0.2) is 0 Å². The van der Waals surface area contributed by atoms with Crippen molar-refractivity contribution in [1.29, 1.82) is 0 Å². The fourth-order valence-electron chi connectivity index (χ4n) is 2.43. The van der Waals surface area contributed by atoms with E-state index in [-0.39, 0.29) is 0 Å². The Morgan fingerprint density at radius 3 is 2.44 bits per heavy atom. The molecule has 0 bridgehead atoms. The molecule has 0 aliphatic rings. The van der Waals surface area contributed by atoms with Gasteiger partial charge in [0, 0.05) is 6.04 Å². The molecule has 96 valence electrons. The number of nitrogens with one attached hydrogen (secondary N) is 1. The maximum Gasteiger partial charge on any atom is 0.0320 e. The van der Waals surface area contributed by atoms with Crippen molar-refractivity contribution in [2.24, 2.45) is 0 Å². The SMILES string of the molecule is CNC(CCc1ccsc1)c1cc(C)cc(C)c1. The molecule has 1 unspecified atom stereocenters. The predicted octanol–water partition coefficient (Wildman–Crippen LogP) is 4.26. The number of hydrogen-bond acceptors (Lipinski definition) is 2. The van der Waals surface area contributed by atoms with E-state index in [4.69, 9.17) is 0 Å². The van der Waals surface area contributed by atoms with Crippen LogP contribution in [0.5, 0.6) is 0 Å².